The number of amides is 1. The van der Waals surface area contributed by atoms with Gasteiger partial charge in [0.1, 0.15) is 5.54 Å². The van der Waals surface area contributed by atoms with Gasteiger partial charge >= 0.3 is 0 Å². The standard InChI is InChI=1S/C15H26N2O2/c1-9-7-10(2)17(8-9)13(18)15(16)11-5-6-19-12(11)14(15,3)4/h9-12H,5-8,16H2,1-4H3. The Kier molecular flexibility index (Phi) is 2.78. The molecule has 4 nitrogen and oxygen atoms in total. The van der Waals surface area contributed by atoms with Gasteiger partial charge < -0.3 is 15.4 Å². The highest BCUT2D eigenvalue weighted by molar-refractivity contribution is 5.90. The summed E-state index contributed by atoms with van der Waals surface area (Å²) < 4.78 is 5.77. The fourth-order valence-electron chi connectivity index (χ4n) is 4.64. The van der Waals surface area contributed by atoms with Crippen LogP contribution in [-0.4, -0.2) is 41.6 Å². The SMILES string of the molecule is CC1CC(C)N(C(=O)C2(N)C3CCOC3C2(C)C)C1. The number of carbonyl (C=O) groups excluding carboxylic acids is 1. The molecule has 5 unspecified atom stereocenters. The minimum Gasteiger partial charge on any atom is -0.377 e. The molecule has 108 valence electrons. The predicted molar refractivity (Wildman–Crippen MR) is 73.5 cm³/mol. The molecule has 1 saturated carbocycles. The van der Waals surface area contributed by atoms with Crippen molar-refractivity contribution in [1.29, 1.82) is 0 Å². The molecule has 1 amide bonds. The first-order valence-electron chi connectivity index (χ1n) is 7.51. The second-order valence-corrected chi connectivity index (χ2v) is 7.42. The van der Waals surface area contributed by atoms with Crippen LogP contribution in [0.25, 0.3) is 0 Å². The van der Waals surface area contributed by atoms with E-state index >= 15 is 0 Å². The lowest BCUT2D eigenvalue weighted by molar-refractivity contribution is -0.184. The van der Waals surface area contributed by atoms with Gasteiger partial charge in [-0.1, -0.05) is 20.8 Å². The van der Waals surface area contributed by atoms with Gasteiger partial charge in [0.25, 0.3) is 0 Å². The summed E-state index contributed by atoms with van der Waals surface area (Å²) in [5.74, 6) is 0.945. The van der Waals surface area contributed by atoms with E-state index in [1.54, 1.807) is 0 Å². The van der Waals surface area contributed by atoms with Crippen molar-refractivity contribution in [3.63, 3.8) is 0 Å². The Hall–Kier alpha value is -0.610. The van der Waals surface area contributed by atoms with Crippen LogP contribution in [0.2, 0.25) is 0 Å². The lowest BCUT2D eigenvalue weighted by Gasteiger charge is -2.61. The van der Waals surface area contributed by atoms with Gasteiger partial charge in [0, 0.05) is 30.5 Å². The first-order chi connectivity index (χ1) is 8.80. The molecule has 0 aromatic rings. The second-order valence-electron chi connectivity index (χ2n) is 7.42. The van der Waals surface area contributed by atoms with Gasteiger partial charge in [0.2, 0.25) is 5.91 Å². The van der Waals surface area contributed by atoms with Gasteiger partial charge in [-0.25, -0.2) is 0 Å². The Balaban J connectivity index is 1.87. The molecule has 19 heavy (non-hydrogen) atoms. The molecule has 5 atom stereocenters. The Morgan fingerprint density at radius 1 is 1.37 bits per heavy atom. The van der Waals surface area contributed by atoms with Crippen LogP contribution < -0.4 is 5.73 Å². The van der Waals surface area contributed by atoms with Crippen LogP contribution in [0.3, 0.4) is 0 Å². The van der Waals surface area contributed by atoms with Crippen molar-refractivity contribution in [1.82, 2.24) is 4.90 Å². The molecule has 0 aromatic heterocycles. The van der Waals surface area contributed by atoms with Gasteiger partial charge in [0.15, 0.2) is 0 Å². The fraction of sp³-hybridized carbons (Fsp3) is 0.933. The third-order valence-electron chi connectivity index (χ3n) is 5.85. The molecule has 0 radical (unpaired) electrons. The van der Waals surface area contributed by atoms with Crippen LogP contribution in [0.15, 0.2) is 0 Å². The molecular formula is C15H26N2O2. The molecule has 0 spiro atoms. The number of rotatable bonds is 1. The zero-order valence-corrected chi connectivity index (χ0v) is 12.5. The van der Waals surface area contributed by atoms with E-state index in [0.717, 1.165) is 26.0 Å². The molecule has 3 aliphatic rings. The van der Waals surface area contributed by atoms with Gasteiger partial charge in [-0.2, -0.15) is 0 Å². The Morgan fingerprint density at radius 2 is 2.05 bits per heavy atom. The van der Waals surface area contributed by atoms with Crippen LogP contribution in [-0.2, 0) is 9.53 Å². The Labute approximate surface area is 115 Å². The minimum absolute atomic E-state index is 0.154. The topological polar surface area (TPSA) is 55.6 Å². The smallest absolute Gasteiger partial charge is 0.243 e. The van der Waals surface area contributed by atoms with E-state index in [2.05, 4.69) is 27.7 Å². The zero-order valence-electron chi connectivity index (χ0n) is 12.5. The molecule has 0 bridgehead atoms. The van der Waals surface area contributed by atoms with E-state index in [9.17, 15) is 4.79 Å². The van der Waals surface area contributed by atoms with E-state index in [-0.39, 0.29) is 23.3 Å². The zero-order chi connectivity index (χ0) is 14.0. The van der Waals surface area contributed by atoms with Crippen LogP contribution in [0.1, 0.15) is 40.5 Å². The molecule has 3 fully saturated rings. The summed E-state index contributed by atoms with van der Waals surface area (Å²) in [6.07, 6.45) is 2.18. The van der Waals surface area contributed by atoms with Crippen LogP contribution >= 0.6 is 0 Å². The van der Waals surface area contributed by atoms with Crippen molar-refractivity contribution < 1.29 is 9.53 Å². The monoisotopic (exact) mass is 266 g/mol. The maximum absolute atomic E-state index is 13.0. The molecule has 2 saturated heterocycles. The summed E-state index contributed by atoms with van der Waals surface area (Å²) in [6.45, 7) is 10.1. The van der Waals surface area contributed by atoms with Crippen molar-refractivity contribution in [3.8, 4) is 0 Å². The molecule has 2 N–H and O–H groups in total. The molecule has 2 heterocycles. The minimum atomic E-state index is -0.730. The third kappa shape index (κ3) is 1.50. The maximum atomic E-state index is 13.0. The number of nitrogens with zero attached hydrogens (tertiary/aromatic N) is 1. The highest BCUT2D eigenvalue weighted by Gasteiger charge is 2.72. The van der Waals surface area contributed by atoms with E-state index < -0.39 is 5.54 Å². The predicted octanol–water partition coefficient (Wildman–Crippen LogP) is 1.39. The van der Waals surface area contributed by atoms with E-state index in [4.69, 9.17) is 10.5 Å². The lowest BCUT2D eigenvalue weighted by atomic mass is 9.47. The van der Waals surface area contributed by atoms with Gasteiger partial charge in [-0.3, -0.25) is 4.79 Å². The molecule has 3 rings (SSSR count). The van der Waals surface area contributed by atoms with E-state index in [1.165, 1.54) is 0 Å². The summed E-state index contributed by atoms with van der Waals surface area (Å²) in [5, 5.41) is 0. The molecule has 2 aliphatic heterocycles. The first-order valence-corrected chi connectivity index (χ1v) is 7.51. The van der Waals surface area contributed by atoms with Crippen molar-refractivity contribution in [3.05, 3.63) is 0 Å². The number of likely N-dealkylation sites (tertiary alicyclic amines) is 1. The number of hydrogen-bond donors (Lipinski definition) is 1. The largest absolute Gasteiger partial charge is 0.377 e. The summed E-state index contributed by atoms with van der Waals surface area (Å²) >= 11 is 0. The highest BCUT2D eigenvalue weighted by Crippen LogP contribution is 2.59. The maximum Gasteiger partial charge on any atom is 0.243 e. The van der Waals surface area contributed by atoms with Gasteiger partial charge in [-0.15, -0.1) is 0 Å². The summed E-state index contributed by atoms with van der Waals surface area (Å²) in [6, 6.07) is 0.320. The van der Waals surface area contributed by atoms with E-state index in [1.807, 2.05) is 4.90 Å². The van der Waals surface area contributed by atoms with E-state index in [0.29, 0.717) is 12.0 Å². The number of ether oxygens (including phenoxy) is 1. The van der Waals surface area contributed by atoms with Crippen LogP contribution in [0.4, 0.5) is 0 Å². The quantitative estimate of drug-likeness (QED) is 0.780. The average Bonchev–Trinajstić information content (AvgIpc) is 2.92. The fourth-order valence-corrected chi connectivity index (χ4v) is 4.64. The van der Waals surface area contributed by atoms with Gasteiger partial charge in [0.05, 0.1) is 6.10 Å². The number of carbonyl (C=O) groups is 1. The molecular weight excluding hydrogens is 240 g/mol. The van der Waals surface area contributed by atoms with Crippen molar-refractivity contribution in [2.75, 3.05) is 13.2 Å². The average molecular weight is 266 g/mol. The van der Waals surface area contributed by atoms with Gasteiger partial charge in [-0.05, 0) is 25.7 Å². The number of hydrogen-bond acceptors (Lipinski definition) is 3. The molecule has 1 aliphatic carbocycles. The van der Waals surface area contributed by atoms with Crippen molar-refractivity contribution in [2.45, 2.75) is 58.2 Å². The van der Waals surface area contributed by atoms with Crippen LogP contribution in [0, 0.1) is 17.3 Å². The number of nitrogens with two attached hydrogens (primary N) is 1. The van der Waals surface area contributed by atoms with Crippen molar-refractivity contribution >= 4 is 5.91 Å². The van der Waals surface area contributed by atoms with Crippen molar-refractivity contribution in [2.24, 2.45) is 23.0 Å². The first kappa shape index (κ1) is 13.4. The third-order valence-corrected chi connectivity index (χ3v) is 5.85. The number of fused-ring (bicyclic) bond motifs is 1. The molecule has 4 heteroatoms. The van der Waals surface area contributed by atoms with Crippen LogP contribution in [0.5, 0.6) is 0 Å². The lowest BCUT2D eigenvalue weighted by Crippen LogP contribution is -2.80. The summed E-state index contributed by atoms with van der Waals surface area (Å²) in [7, 11) is 0. The summed E-state index contributed by atoms with van der Waals surface area (Å²) in [5.41, 5.74) is 5.64. The summed E-state index contributed by atoms with van der Waals surface area (Å²) in [4.78, 5) is 15.0. The Morgan fingerprint density at radius 3 is 2.63 bits per heavy atom. The highest BCUT2D eigenvalue weighted by atomic mass is 16.5. The normalized spacial score (nSPS) is 47.9. The molecule has 0 aromatic carbocycles. The second kappa shape index (κ2) is 3.95. The Bertz CT molecular complexity index is 409.